The van der Waals surface area contributed by atoms with Crippen molar-refractivity contribution in [3.63, 3.8) is 0 Å². The number of benzene rings is 1. The first-order valence-corrected chi connectivity index (χ1v) is 7.43. The van der Waals surface area contributed by atoms with Crippen LogP contribution in [0.3, 0.4) is 0 Å². The molecular weight excluding hydrogens is 311 g/mol. The molecule has 6 nitrogen and oxygen atoms in total. The topological polar surface area (TPSA) is 65.5 Å². The molecule has 0 unspecified atom stereocenters. The van der Waals surface area contributed by atoms with Crippen molar-refractivity contribution in [3.05, 3.63) is 54.8 Å². The molecule has 7 heteroatoms. The molecule has 0 N–H and O–H groups in total. The quantitative estimate of drug-likeness (QED) is 0.574. The molecule has 24 heavy (non-hydrogen) atoms. The van der Waals surface area contributed by atoms with E-state index in [9.17, 15) is 4.39 Å². The first-order chi connectivity index (χ1) is 11.8. The summed E-state index contributed by atoms with van der Waals surface area (Å²) in [6.45, 7) is 2.38. The molecule has 1 aromatic carbocycles. The van der Waals surface area contributed by atoms with Crippen LogP contribution in [0.5, 0.6) is 6.01 Å². The number of nitrogens with zero attached hydrogens (tertiary/aromatic N) is 4. The van der Waals surface area contributed by atoms with Crippen molar-refractivity contribution in [1.29, 1.82) is 0 Å². The fraction of sp³-hybridized carbons (Fsp3) is 0.118. The zero-order valence-corrected chi connectivity index (χ0v) is 12.8. The van der Waals surface area contributed by atoms with Gasteiger partial charge in [-0.2, -0.15) is 0 Å². The molecule has 3 aromatic heterocycles. The second-order valence-electron chi connectivity index (χ2n) is 5.10. The van der Waals surface area contributed by atoms with E-state index in [0.717, 1.165) is 11.1 Å². The first-order valence-electron chi connectivity index (χ1n) is 7.43. The Morgan fingerprint density at radius 3 is 2.67 bits per heavy atom. The number of oxazole rings is 1. The normalized spacial score (nSPS) is 11.1. The molecule has 0 spiro atoms. The van der Waals surface area contributed by atoms with Crippen molar-refractivity contribution in [3.8, 4) is 28.6 Å². The lowest BCUT2D eigenvalue weighted by Gasteiger charge is -2.04. The van der Waals surface area contributed by atoms with E-state index >= 15 is 0 Å². The third-order valence-corrected chi connectivity index (χ3v) is 3.59. The monoisotopic (exact) mass is 324 g/mol. The number of hydrogen-bond donors (Lipinski definition) is 0. The van der Waals surface area contributed by atoms with Gasteiger partial charge in [0.2, 0.25) is 0 Å². The largest absolute Gasteiger partial charge is 0.464 e. The van der Waals surface area contributed by atoms with Gasteiger partial charge < -0.3 is 9.15 Å². The number of ether oxygens (including phenoxy) is 1. The number of hydrogen-bond acceptors (Lipinski definition) is 5. The maximum absolute atomic E-state index is 13.1. The van der Waals surface area contributed by atoms with Crippen LogP contribution >= 0.6 is 0 Å². The predicted octanol–water partition coefficient (Wildman–Crippen LogP) is 3.59. The Morgan fingerprint density at radius 1 is 1.08 bits per heavy atom. The van der Waals surface area contributed by atoms with Crippen LogP contribution in [0.15, 0.2) is 53.4 Å². The second kappa shape index (κ2) is 5.77. The van der Waals surface area contributed by atoms with Gasteiger partial charge in [0.1, 0.15) is 11.5 Å². The average molecular weight is 324 g/mol. The van der Waals surface area contributed by atoms with Crippen molar-refractivity contribution in [2.75, 3.05) is 6.61 Å². The molecule has 0 aliphatic carbocycles. The Kier molecular flexibility index (Phi) is 3.45. The molecule has 0 radical (unpaired) electrons. The maximum atomic E-state index is 13.1. The number of fused-ring (bicyclic) bond motifs is 1. The van der Waals surface area contributed by atoms with E-state index < -0.39 is 0 Å². The summed E-state index contributed by atoms with van der Waals surface area (Å²) >= 11 is 0. The highest BCUT2D eigenvalue weighted by Gasteiger charge is 2.15. The van der Waals surface area contributed by atoms with Gasteiger partial charge in [0.25, 0.3) is 0 Å². The lowest BCUT2D eigenvalue weighted by Crippen LogP contribution is -1.97. The molecule has 120 valence electrons. The van der Waals surface area contributed by atoms with Crippen molar-refractivity contribution in [2.24, 2.45) is 0 Å². The summed E-state index contributed by atoms with van der Waals surface area (Å²) in [4.78, 5) is 4.26. The molecular formula is C17H13FN4O2. The summed E-state index contributed by atoms with van der Waals surface area (Å²) in [7, 11) is 0. The van der Waals surface area contributed by atoms with Crippen LogP contribution in [-0.4, -0.2) is 26.2 Å². The Labute approximate surface area is 136 Å². The molecule has 0 bridgehead atoms. The fourth-order valence-electron chi connectivity index (χ4n) is 2.50. The van der Waals surface area contributed by atoms with E-state index in [1.54, 1.807) is 16.5 Å². The van der Waals surface area contributed by atoms with Gasteiger partial charge in [-0.25, -0.2) is 9.37 Å². The lowest BCUT2D eigenvalue weighted by molar-refractivity contribution is 0.309. The van der Waals surface area contributed by atoms with Crippen LogP contribution in [0.1, 0.15) is 6.92 Å². The number of halogens is 1. The molecule has 0 aliphatic heterocycles. The van der Waals surface area contributed by atoms with Crippen molar-refractivity contribution < 1.29 is 13.5 Å². The van der Waals surface area contributed by atoms with E-state index in [-0.39, 0.29) is 5.82 Å². The Bertz CT molecular complexity index is 991. The molecule has 0 fully saturated rings. The standard InChI is InChI=1S/C17H13FN4O2/c1-2-23-17-21-20-14-8-5-12(9-22(14)17)16-15(19-10-24-16)11-3-6-13(18)7-4-11/h3-10H,2H2,1H3. The Balaban J connectivity index is 1.82. The SMILES string of the molecule is CCOc1nnc2ccc(-c3ocnc3-c3ccc(F)cc3)cn12. The fourth-order valence-corrected chi connectivity index (χ4v) is 2.50. The summed E-state index contributed by atoms with van der Waals surface area (Å²) in [5.74, 6) is 0.288. The highest BCUT2D eigenvalue weighted by Crippen LogP contribution is 2.31. The van der Waals surface area contributed by atoms with E-state index in [1.165, 1.54) is 18.5 Å². The zero-order chi connectivity index (χ0) is 16.5. The van der Waals surface area contributed by atoms with Gasteiger partial charge in [-0.05, 0) is 43.3 Å². The molecule has 0 atom stereocenters. The number of aromatic nitrogens is 4. The van der Waals surface area contributed by atoms with Crippen LogP contribution < -0.4 is 4.74 Å². The van der Waals surface area contributed by atoms with Gasteiger partial charge in [0.15, 0.2) is 17.8 Å². The second-order valence-corrected chi connectivity index (χ2v) is 5.10. The van der Waals surface area contributed by atoms with Crippen molar-refractivity contribution in [2.45, 2.75) is 6.92 Å². The summed E-state index contributed by atoms with van der Waals surface area (Å²) < 4.78 is 25.9. The van der Waals surface area contributed by atoms with Crippen molar-refractivity contribution >= 4 is 5.65 Å². The number of rotatable bonds is 4. The third kappa shape index (κ3) is 2.40. The third-order valence-electron chi connectivity index (χ3n) is 3.59. The molecule has 4 aromatic rings. The summed E-state index contributed by atoms with van der Waals surface area (Å²) in [6, 6.07) is 10.2. The molecule has 0 saturated heterocycles. The average Bonchev–Trinajstić information content (AvgIpc) is 3.23. The van der Waals surface area contributed by atoms with Gasteiger partial charge >= 0.3 is 6.01 Å². The van der Waals surface area contributed by atoms with Crippen LogP contribution in [0.4, 0.5) is 4.39 Å². The highest BCUT2D eigenvalue weighted by atomic mass is 19.1. The van der Waals surface area contributed by atoms with Gasteiger partial charge in [-0.3, -0.25) is 4.40 Å². The molecule has 0 saturated carbocycles. The molecule has 0 amide bonds. The summed E-state index contributed by atoms with van der Waals surface area (Å²) in [5, 5.41) is 8.05. The van der Waals surface area contributed by atoms with Gasteiger partial charge in [-0.15, -0.1) is 5.10 Å². The maximum Gasteiger partial charge on any atom is 0.321 e. The van der Waals surface area contributed by atoms with Crippen LogP contribution in [0.25, 0.3) is 28.2 Å². The molecule has 4 rings (SSSR count). The van der Waals surface area contributed by atoms with E-state index in [2.05, 4.69) is 15.2 Å². The zero-order valence-electron chi connectivity index (χ0n) is 12.8. The summed E-state index contributed by atoms with van der Waals surface area (Å²) in [6.07, 6.45) is 3.20. The smallest absolute Gasteiger partial charge is 0.321 e. The lowest BCUT2D eigenvalue weighted by atomic mass is 10.1. The Hall–Kier alpha value is -3.22. The first kappa shape index (κ1) is 14.4. The minimum absolute atomic E-state index is 0.295. The van der Waals surface area contributed by atoms with Crippen molar-refractivity contribution in [1.82, 2.24) is 19.6 Å². The van der Waals surface area contributed by atoms with Crippen LogP contribution in [-0.2, 0) is 0 Å². The highest BCUT2D eigenvalue weighted by molar-refractivity contribution is 5.76. The molecule has 0 aliphatic rings. The van der Waals surface area contributed by atoms with Gasteiger partial charge in [-0.1, -0.05) is 5.10 Å². The van der Waals surface area contributed by atoms with Crippen LogP contribution in [0, 0.1) is 5.82 Å². The predicted molar refractivity (Wildman–Crippen MR) is 85.0 cm³/mol. The van der Waals surface area contributed by atoms with E-state index in [1.807, 2.05) is 25.3 Å². The van der Waals surface area contributed by atoms with Gasteiger partial charge in [0, 0.05) is 17.3 Å². The summed E-state index contributed by atoms with van der Waals surface area (Å²) in [5.41, 5.74) is 2.87. The number of pyridine rings is 1. The minimum atomic E-state index is -0.295. The van der Waals surface area contributed by atoms with E-state index in [4.69, 9.17) is 9.15 Å². The van der Waals surface area contributed by atoms with Crippen LogP contribution in [0.2, 0.25) is 0 Å². The Morgan fingerprint density at radius 2 is 1.88 bits per heavy atom. The molecule has 3 heterocycles. The van der Waals surface area contributed by atoms with E-state index in [0.29, 0.717) is 29.7 Å². The minimum Gasteiger partial charge on any atom is -0.464 e. The van der Waals surface area contributed by atoms with Gasteiger partial charge in [0.05, 0.1) is 6.61 Å².